The number of amides is 1. The molecule has 1 aliphatic heterocycles. The molecule has 1 fully saturated rings. The highest BCUT2D eigenvalue weighted by Crippen LogP contribution is 2.31. The van der Waals surface area contributed by atoms with Crippen LogP contribution >= 0.6 is 0 Å². The van der Waals surface area contributed by atoms with Crippen molar-refractivity contribution < 1.29 is 9.21 Å². The molecule has 1 atom stereocenters. The third-order valence-electron chi connectivity index (χ3n) is 4.67. The van der Waals surface area contributed by atoms with Gasteiger partial charge in [-0.05, 0) is 31.9 Å². The van der Waals surface area contributed by atoms with E-state index in [2.05, 4.69) is 30.7 Å². The zero-order valence-corrected chi connectivity index (χ0v) is 15.6. The molecule has 0 spiro atoms. The lowest BCUT2D eigenvalue weighted by atomic mass is 9.94. The van der Waals surface area contributed by atoms with Gasteiger partial charge in [0.15, 0.2) is 5.89 Å². The van der Waals surface area contributed by atoms with E-state index in [1.165, 1.54) is 0 Å². The highest BCUT2D eigenvalue weighted by atomic mass is 16.4. The standard InChI is InChI=1S/C20H27N3O2/c1-14-7-5-8-15(22-14)16-9-6-12-23(16)19(24)11-10-18-21-13-17(25-18)20(2,3)4/h5,7-8,13,16H,6,9-12H2,1-4H3. The van der Waals surface area contributed by atoms with Crippen LogP contribution in [0.1, 0.15) is 69.1 Å². The Balaban J connectivity index is 1.63. The molecule has 2 aromatic heterocycles. The monoisotopic (exact) mass is 341 g/mol. The van der Waals surface area contributed by atoms with Crippen molar-refractivity contribution in [3.63, 3.8) is 0 Å². The summed E-state index contributed by atoms with van der Waals surface area (Å²) in [6.45, 7) is 9.06. The Labute approximate surface area is 149 Å². The van der Waals surface area contributed by atoms with Gasteiger partial charge in [0.25, 0.3) is 0 Å². The molecule has 2 aromatic rings. The first-order valence-corrected chi connectivity index (χ1v) is 9.03. The van der Waals surface area contributed by atoms with Gasteiger partial charge < -0.3 is 9.32 Å². The summed E-state index contributed by atoms with van der Waals surface area (Å²) in [5, 5.41) is 0. The number of rotatable bonds is 4. The fourth-order valence-corrected chi connectivity index (χ4v) is 3.25. The molecule has 0 aromatic carbocycles. The number of aryl methyl sites for hydroxylation is 2. The predicted octanol–water partition coefficient (Wildman–Crippen LogP) is 3.97. The van der Waals surface area contributed by atoms with Crippen molar-refractivity contribution in [1.82, 2.24) is 14.9 Å². The lowest BCUT2D eigenvalue weighted by Crippen LogP contribution is -2.31. The fourth-order valence-electron chi connectivity index (χ4n) is 3.25. The summed E-state index contributed by atoms with van der Waals surface area (Å²) in [5.41, 5.74) is 1.93. The van der Waals surface area contributed by atoms with Crippen molar-refractivity contribution in [2.45, 2.75) is 64.8 Å². The van der Waals surface area contributed by atoms with Crippen LogP contribution in [0, 0.1) is 6.92 Å². The smallest absolute Gasteiger partial charge is 0.223 e. The number of likely N-dealkylation sites (tertiary alicyclic amines) is 1. The molecule has 1 aliphatic rings. The van der Waals surface area contributed by atoms with E-state index in [0.717, 1.165) is 36.5 Å². The second-order valence-electron chi connectivity index (χ2n) is 7.82. The number of carbonyl (C=O) groups excluding carboxylic acids is 1. The molecule has 3 heterocycles. The summed E-state index contributed by atoms with van der Waals surface area (Å²) >= 11 is 0. The number of oxazole rings is 1. The highest BCUT2D eigenvalue weighted by Gasteiger charge is 2.30. The molecule has 1 unspecified atom stereocenters. The summed E-state index contributed by atoms with van der Waals surface area (Å²) in [7, 11) is 0. The summed E-state index contributed by atoms with van der Waals surface area (Å²) in [6, 6.07) is 6.12. The molecule has 5 nitrogen and oxygen atoms in total. The first-order valence-electron chi connectivity index (χ1n) is 9.03. The highest BCUT2D eigenvalue weighted by molar-refractivity contribution is 5.77. The zero-order chi connectivity index (χ0) is 18.0. The SMILES string of the molecule is Cc1cccc(C2CCCN2C(=O)CCc2ncc(C(C)(C)C)o2)n1. The molecule has 0 saturated carbocycles. The Hall–Kier alpha value is -2.17. The minimum Gasteiger partial charge on any atom is -0.445 e. The van der Waals surface area contributed by atoms with Gasteiger partial charge in [-0.25, -0.2) is 4.98 Å². The molecule has 0 aliphatic carbocycles. The summed E-state index contributed by atoms with van der Waals surface area (Å²) < 4.78 is 5.79. The quantitative estimate of drug-likeness (QED) is 0.844. The van der Waals surface area contributed by atoms with Crippen molar-refractivity contribution in [1.29, 1.82) is 0 Å². The average Bonchev–Trinajstić information content (AvgIpc) is 3.21. The number of aromatic nitrogens is 2. The molecule has 134 valence electrons. The minimum atomic E-state index is -0.0633. The lowest BCUT2D eigenvalue weighted by Gasteiger charge is -2.24. The van der Waals surface area contributed by atoms with E-state index >= 15 is 0 Å². The minimum absolute atomic E-state index is 0.0633. The lowest BCUT2D eigenvalue weighted by molar-refractivity contribution is -0.132. The van der Waals surface area contributed by atoms with Crippen LogP contribution in [0.4, 0.5) is 0 Å². The van der Waals surface area contributed by atoms with Crippen LogP contribution in [0.3, 0.4) is 0 Å². The normalized spacial score (nSPS) is 17.9. The maximum atomic E-state index is 12.7. The maximum Gasteiger partial charge on any atom is 0.223 e. The number of nitrogens with zero attached hydrogens (tertiary/aromatic N) is 3. The van der Waals surface area contributed by atoms with Gasteiger partial charge in [0.2, 0.25) is 5.91 Å². The number of pyridine rings is 1. The Morgan fingerprint density at radius 2 is 2.16 bits per heavy atom. The number of hydrogen-bond acceptors (Lipinski definition) is 4. The Morgan fingerprint density at radius 1 is 1.36 bits per heavy atom. The first kappa shape index (κ1) is 17.6. The van der Waals surface area contributed by atoms with Gasteiger partial charge in [-0.3, -0.25) is 9.78 Å². The van der Waals surface area contributed by atoms with Gasteiger partial charge in [-0.1, -0.05) is 26.8 Å². The van der Waals surface area contributed by atoms with Crippen LogP contribution < -0.4 is 0 Å². The molecule has 1 amide bonds. The van der Waals surface area contributed by atoms with E-state index in [1.54, 1.807) is 6.20 Å². The molecule has 25 heavy (non-hydrogen) atoms. The third-order valence-corrected chi connectivity index (χ3v) is 4.67. The van der Waals surface area contributed by atoms with Crippen LogP contribution in [0.2, 0.25) is 0 Å². The molecule has 1 saturated heterocycles. The van der Waals surface area contributed by atoms with Gasteiger partial charge in [-0.15, -0.1) is 0 Å². The van der Waals surface area contributed by atoms with Gasteiger partial charge in [0.05, 0.1) is 17.9 Å². The number of hydrogen-bond donors (Lipinski definition) is 0. The van der Waals surface area contributed by atoms with Gasteiger partial charge >= 0.3 is 0 Å². The molecule has 0 radical (unpaired) electrons. The van der Waals surface area contributed by atoms with Crippen molar-refractivity contribution >= 4 is 5.91 Å². The maximum absolute atomic E-state index is 12.7. The largest absolute Gasteiger partial charge is 0.445 e. The van der Waals surface area contributed by atoms with E-state index in [0.29, 0.717) is 18.7 Å². The molecule has 5 heteroatoms. The van der Waals surface area contributed by atoms with E-state index in [9.17, 15) is 4.79 Å². The Kier molecular flexibility index (Phi) is 4.93. The van der Waals surface area contributed by atoms with Crippen LogP contribution in [0.5, 0.6) is 0 Å². The van der Waals surface area contributed by atoms with E-state index in [1.807, 2.05) is 30.0 Å². The second kappa shape index (κ2) is 6.98. The summed E-state index contributed by atoms with van der Waals surface area (Å²) in [4.78, 5) is 23.6. The van der Waals surface area contributed by atoms with Crippen molar-refractivity contribution in [2.24, 2.45) is 0 Å². The van der Waals surface area contributed by atoms with Gasteiger partial charge in [0.1, 0.15) is 5.76 Å². The average molecular weight is 341 g/mol. The predicted molar refractivity (Wildman–Crippen MR) is 96.2 cm³/mol. The third kappa shape index (κ3) is 4.09. The molecular weight excluding hydrogens is 314 g/mol. The fraction of sp³-hybridized carbons (Fsp3) is 0.550. The summed E-state index contributed by atoms with van der Waals surface area (Å²) in [5.74, 6) is 1.65. The van der Waals surface area contributed by atoms with E-state index in [4.69, 9.17) is 4.42 Å². The Bertz CT molecular complexity index is 745. The van der Waals surface area contributed by atoms with Crippen LogP contribution in [0.25, 0.3) is 0 Å². The van der Waals surface area contributed by atoms with Crippen LogP contribution in [0.15, 0.2) is 28.8 Å². The van der Waals surface area contributed by atoms with Crippen LogP contribution in [-0.4, -0.2) is 27.3 Å². The molecule has 0 N–H and O–H groups in total. The van der Waals surface area contributed by atoms with E-state index in [-0.39, 0.29) is 17.4 Å². The van der Waals surface area contributed by atoms with Crippen molar-refractivity contribution in [2.75, 3.05) is 6.54 Å². The van der Waals surface area contributed by atoms with Crippen molar-refractivity contribution in [3.05, 3.63) is 47.4 Å². The van der Waals surface area contributed by atoms with Crippen molar-refractivity contribution in [3.8, 4) is 0 Å². The van der Waals surface area contributed by atoms with Gasteiger partial charge in [-0.2, -0.15) is 0 Å². The second-order valence-corrected chi connectivity index (χ2v) is 7.82. The Morgan fingerprint density at radius 3 is 2.84 bits per heavy atom. The molecule has 3 rings (SSSR count). The summed E-state index contributed by atoms with van der Waals surface area (Å²) in [6.07, 6.45) is 4.75. The first-order chi connectivity index (χ1) is 11.8. The van der Waals surface area contributed by atoms with Gasteiger partial charge in [0, 0.05) is 30.5 Å². The van der Waals surface area contributed by atoms with Crippen LogP contribution in [-0.2, 0) is 16.6 Å². The van der Waals surface area contributed by atoms with E-state index < -0.39 is 0 Å². The number of carbonyl (C=O) groups is 1. The molecule has 0 bridgehead atoms. The zero-order valence-electron chi connectivity index (χ0n) is 15.6. The topological polar surface area (TPSA) is 59.2 Å². The molecular formula is C20H27N3O2.